The van der Waals surface area contributed by atoms with Crippen molar-refractivity contribution >= 4 is 0 Å². The maximum atomic E-state index is 5.93. The van der Waals surface area contributed by atoms with Crippen LogP contribution >= 0.6 is 0 Å². The monoisotopic (exact) mass is 267 g/mol. The minimum Gasteiger partial charge on any atom is -0.497 e. The number of nitrogens with one attached hydrogen (secondary N) is 1. The van der Waals surface area contributed by atoms with Crippen molar-refractivity contribution in [3.63, 3.8) is 0 Å². The Morgan fingerprint density at radius 2 is 1.84 bits per heavy atom. The lowest BCUT2D eigenvalue weighted by Crippen LogP contribution is -2.44. The van der Waals surface area contributed by atoms with Crippen LogP contribution < -0.4 is 14.8 Å². The third-order valence-electron chi connectivity index (χ3n) is 2.56. The highest BCUT2D eigenvalue weighted by atomic mass is 16.5. The van der Waals surface area contributed by atoms with E-state index in [0.29, 0.717) is 6.61 Å². The molecular weight excluding hydrogens is 242 g/mol. The lowest BCUT2D eigenvalue weighted by molar-refractivity contribution is 0.0763. The second-order valence-electron chi connectivity index (χ2n) is 5.51. The van der Waals surface area contributed by atoms with Crippen LogP contribution in [0.3, 0.4) is 0 Å². The molecule has 0 aliphatic rings. The van der Waals surface area contributed by atoms with E-state index in [4.69, 9.17) is 14.2 Å². The summed E-state index contributed by atoms with van der Waals surface area (Å²) in [6.45, 7) is 7.65. The van der Waals surface area contributed by atoms with E-state index in [1.807, 2.05) is 24.3 Å². The molecular formula is C15H25NO3. The van der Waals surface area contributed by atoms with Crippen LogP contribution in [0.1, 0.15) is 20.8 Å². The highest BCUT2D eigenvalue weighted by molar-refractivity contribution is 5.32. The lowest BCUT2D eigenvalue weighted by atomic mass is 10.1. The van der Waals surface area contributed by atoms with Gasteiger partial charge in [-0.1, -0.05) is 6.07 Å². The molecule has 0 fully saturated rings. The van der Waals surface area contributed by atoms with Gasteiger partial charge in [0.25, 0.3) is 0 Å². The highest BCUT2D eigenvalue weighted by Crippen LogP contribution is 2.20. The molecule has 0 aliphatic carbocycles. The van der Waals surface area contributed by atoms with Crippen LogP contribution in [-0.4, -0.2) is 39.0 Å². The topological polar surface area (TPSA) is 39.7 Å². The Bertz CT molecular complexity index is 374. The van der Waals surface area contributed by atoms with Gasteiger partial charge in [-0.25, -0.2) is 0 Å². The van der Waals surface area contributed by atoms with Crippen LogP contribution in [-0.2, 0) is 4.74 Å². The molecule has 1 rings (SSSR count). The summed E-state index contributed by atoms with van der Waals surface area (Å²) in [5.74, 6) is 1.58. The van der Waals surface area contributed by atoms with E-state index in [-0.39, 0.29) is 11.6 Å². The van der Waals surface area contributed by atoms with Crippen molar-refractivity contribution < 1.29 is 14.2 Å². The molecule has 1 unspecified atom stereocenters. The van der Waals surface area contributed by atoms with Crippen LogP contribution in [0.5, 0.6) is 11.5 Å². The molecule has 0 aromatic heterocycles. The smallest absolute Gasteiger partial charge is 0.134 e. The van der Waals surface area contributed by atoms with Gasteiger partial charge in [0, 0.05) is 25.3 Å². The molecule has 1 aromatic carbocycles. The third-order valence-corrected chi connectivity index (χ3v) is 2.56. The first-order chi connectivity index (χ1) is 8.94. The first kappa shape index (κ1) is 15.8. The van der Waals surface area contributed by atoms with Crippen LogP contribution in [0.4, 0.5) is 0 Å². The Labute approximate surface area is 116 Å². The minimum absolute atomic E-state index is 0.0312. The van der Waals surface area contributed by atoms with E-state index in [9.17, 15) is 0 Å². The van der Waals surface area contributed by atoms with Crippen molar-refractivity contribution in [2.75, 3.05) is 27.4 Å². The van der Waals surface area contributed by atoms with Gasteiger partial charge < -0.3 is 19.5 Å². The summed E-state index contributed by atoms with van der Waals surface area (Å²) >= 11 is 0. The van der Waals surface area contributed by atoms with Crippen molar-refractivity contribution in [2.45, 2.75) is 32.4 Å². The Morgan fingerprint density at radius 3 is 2.42 bits per heavy atom. The molecule has 0 radical (unpaired) electrons. The Balaban J connectivity index is 2.61. The molecule has 1 atom stereocenters. The van der Waals surface area contributed by atoms with Crippen LogP contribution in [0.25, 0.3) is 0 Å². The SMILES string of the molecule is COCC(CNC(C)(C)C)Oc1cccc(OC)c1. The number of rotatable bonds is 7. The van der Waals surface area contributed by atoms with Gasteiger partial charge in [-0.2, -0.15) is 0 Å². The van der Waals surface area contributed by atoms with Crippen LogP contribution in [0.15, 0.2) is 24.3 Å². The average Bonchev–Trinajstić information content (AvgIpc) is 2.35. The van der Waals surface area contributed by atoms with Gasteiger partial charge in [-0.05, 0) is 32.9 Å². The fourth-order valence-electron chi connectivity index (χ4n) is 1.61. The standard InChI is InChI=1S/C15H25NO3/c1-15(2,3)16-10-14(11-17-4)19-13-8-6-7-12(9-13)18-5/h6-9,14,16H,10-11H2,1-5H3. The highest BCUT2D eigenvalue weighted by Gasteiger charge is 2.15. The zero-order valence-corrected chi connectivity index (χ0v) is 12.5. The second-order valence-corrected chi connectivity index (χ2v) is 5.51. The van der Waals surface area contributed by atoms with Gasteiger partial charge in [-0.15, -0.1) is 0 Å². The van der Waals surface area contributed by atoms with E-state index in [0.717, 1.165) is 18.0 Å². The lowest BCUT2D eigenvalue weighted by Gasteiger charge is -2.25. The van der Waals surface area contributed by atoms with Gasteiger partial charge in [-0.3, -0.25) is 0 Å². The molecule has 0 spiro atoms. The number of hydrogen-bond acceptors (Lipinski definition) is 4. The molecule has 0 bridgehead atoms. The van der Waals surface area contributed by atoms with Crippen LogP contribution in [0, 0.1) is 0 Å². The number of benzene rings is 1. The molecule has 4 nitrogen and oxygen atoms in total. The van der Waals surface area contributed by atoms with Crippen molar-refractivity contribution in [1.82, 2.24) is 5.32 Å². The molecule has 108 valence electrons. The van der Waals surface area contributed by atoms with Gasteiger partial charge in [0.05, 0.1) is 13.7 Å². The van der Waals surface area contributed by atoms with Gasteiger partial charge in [0.2, 0.25) is 0 Å². The molecule has 0 aliphatic heterocycles. The van der Waals surface area contributed by atoms with E-state index >= 15 is 0 Å². The molecule has 0 amide bonds. The molecule has 0 saturated carbocycles. The maximum Gasteiger partial charge on any atom is 0.134 e. The van der Waals surface area contributed by atoms with Crippen molar-refractivity contribution in [1.29, 1.82) is 0 Å². The molecule has 0 heterocycles. The quantitative estimate of drug-likeness (QED) is 0.824. The molecule has 4 heteroatoms. The molecule has 1 N–H and O–H groups in total. The summed E-state index contributed by atoms with van der Waals surface area (Å²) < 4.78 is 16.3. The minimum atomic E-state index is -0.0312. The largest absolute Gasteiger partial charge is 0.497 e. The zero-order chi connectivity index (χ0) is 14.3. The normalized spacial score (nSPS) is 13.1. The van der Waals surface area contributed by atoms with Gasteiger partial charge in [0.15, 0.2) is 0 Å². The fraction of sp³-hybridized carbons (Fsp3) is 0.600. The summed E-state index contributed by atoms with van der Waals surface area (Å²) in [6, 6.07) is 7.60. The molecule has 1 aromatic rings. The number of methoxy groups -OCH3 is 2. The first-order valence-electron chi connectivity index (χ1n) is 6.49. The van der Waals surface area contributed by atoms with Crippen molar-refractivity contribution in [3.8, 4) is 11.5 Å². The van der Waals surface area contributed by atoms with Crippen molar-refractivity contribution in [3.05, 3.63) is 24.3 Å². The van der Waals surface area contributed by atoms with E-state index < -0.39 is 0 Å². The molecule has 19 heavy (non-hydrogen) atoms. The zero-order valence-electron chi connectivity index (χ0n) is 12.5. The number of hydrogen-bond donors (Lipinski definition) is 1. The van der Waals surface area contributed by atoms with Gasteiger partial charge >= 0.3 is 0 Å². The maximum absolute atomic E-state index is 5.93. The predicted molar refractivity (Wildman–Crippen MR) is 77.0 cm³/mol. The van der Waals surface area contributed by atoms with Crippen LogP contribution in [0.2, 0.25) is 0 Å². The predicted octanol–water partition coefficient (Wildman–Crippen LogP) is 2.48. The van der Waals surface area contributed by atoms with E-state index in [2.05, 4.69) is 26.1 Å². The average molecular weight is 267 g/mol. The second kappa shape index (κ2) is 7.36. The Hall–Kier alpha value is -1.26. The Kier molecular flexibility index (Phi) is 6.12. The fourth-order valence-corrected chi connectivity index (χ4v) is 1.61. The first-order valence-corrected chi connectivity index (χ1v) is 6.49. The third kappa shape index (κ3) is 6.45. The van der Waals surface area contributed by atoms with E-state index in [1.54, 1.807) is 14.2 Å². The summed E-state index contributed by atoms with van der Waals surface area (Å²) in [7, 11) is 3.33. The molecule has 0 saturated heterocycles. The number of ether oxygens (including phenoxy) is 3. The summed E-state index contributed by atoms with van der Waals surface area (Å²) in [5.41, 5.74) is 0.0593. The Morgan fingerprint density at radius 1 is 1.16 bits per heavy atom. The van der Waals surface area contributed by atoms with Gasteiger partial charge in [0.1, 0.15) is 17.6 Å². The summed E-state index contributed by atoms with van der Waals surface area (Å²) in [5, 5.41) is 3.42. The van der Waals surface area contributed by atoms with E-state index in [1.165, 1.54) is 0 Å². The summed E-state index contributed by atoms with van der Waals surface area (Å²) in [4.78, 5) is 0. The van der Waals surface area contributed by atoms with Crippen molar-refractivity contribution in [2.24, 2.45) is 0 Å². The summed E-state index contributed by atoms with van der Waals surface area (Å²) in [6.07, 6.45) is -0.0312.